The van der Waals surface area contributed by atoms with Crippen molar-refractivity contribution in [2.24, 2.45) is 5.73 Å². The number of nitrogens with zero attached hydrogens (tertiary/aromatic N) is 1. The lowest BCUT2D eigenvalue weighted by atomic mass is 10.0. The summed E-state index contributed by atoms with van der Waals surface area (Å²) in [4.78, 5) is 2.14. The lowest BCUT2D eigenvalue weighted by molar-refractivity contribution is 0.681. The molecule has 1 atom stereocenters. The molecule has 0 radical (unpaired) electrons. The topological polar surface area (TPSA) is 29.3 Å². The Balaban J connectivity index is 2.36. The predicted octanol–water partition coefficient (Wildman–Crippen LogP) is 4.44. The standard InChI is InChI=1S/C16H18Cl2N2/c1-11-4-3-5-13(8-11)20(2)16(10-19)14-7-6-12(17)9-15(14)18/h3-9,16H,10,19H2,1-2H3. The van der Waals surface area contributed by atoms with E-state index in [1.54, 1.807) is 6.07 Å². The van der Waals surface area contributed by atoms with E-state index in [0.29, 0.717) is 16.6 Å². The third-order valence-corrected chi connectivity index (χ3v) is 3.98. The van der Waals surface area contributed by atoms with Crippen LogP contribution in [0.5, 0.6) is 0 Å². The van der Waals surface area contributed by atoms with Crippen LogP contribution in [-0.4, -0.2) is 13.6 Å². The largest absolute Gasteiger partial charge is 0.366 e. The zero-order valence-electron chi connectivity index (χ0n) is 11.6. The van der Waals surface area contributed by atoms with Crippen molar-refractivity contribution in [3.05, 3.63) is 63.6 Å². The van der Waals surface area contributed by atoms with E-state index in [1.165, 1.54) is 5.56 Å². The molecule has 2 rings (SSSR count). The van der Waals surface area contributed by atoms with Gasteiger partial charge in [-0.3, -0.25) is 0 Å². The maximum absolute atomic E-state index is 6.30. The van der Waals surface area contributed by atoms with Crippen LogP contribution < -0.4 is 10.6 Å². The van der Waals surface area contributed by atoms with Crippen LogP contribution in [0.15, 0.2) is 42.5 Å². The minimum absolute atomic E-state index is 0.0153. The number of aryl methyl sites for hydroxylation is 1. The number of nitrogens with two attached hydrogens (primary N) is 1. The highest BCUT2D eigenvalue weighted by Crippen LogP contribution is 2.31. The fourth-order valence-corrected chi connectivity index (χ4v) is 2.83. The molecular weight excluding hydrogens is 291 g/mol. The molecule has 0 saturated carbocycles. The quantitative estimate of drug-likeness (QED) is 0.905. The molecular formula is C16H18Cl2N2. The number of anilines is 1. The summed E-state index contributed by atoms with van der Waals surface area (Å²) in [5.41, 5.74) is 9.28. The van der Waals surface area contributed by atoms with Gasteiger partial charge < -0.3 is 10.6 Å². The third kappa shape index (κ3) is 3.26. The van der Waals surface area contributed by atoms with Crippen LogP contribution in [0.3, 0.4) is 0 Å². The van der Waals surface area contributed by atoms with E-state index in [9.17, 15) is 0 Å². The van der Waals surface area contributed by atoms with Crippen molar-refractivity contribution in [3.63, 3.8) is 0 Å². The Morgan fingerprint density at radius 3 is 2.50 bits per heavy atom. The number of halogens is 2. The van der Waals surface area contributed by atoms with Gasteiger partial charge in [0, 0.05) is 29.3 Å². The first-order chi connectivity index (χ1) is 9.52. The molecule has 20 heavy (non-hydrogen) atoms. The van der Waals surface area contributed by atoms with Crippen LogP contribution in [-0.2, 0) is 0 Å². The average Bonchev–Trinajstić information content (AvgIpc) is 2.41. The van der Waals surface area contributed by atoms with Crippen molar-refractivity contribution >= 4 is 28.9 Å². The van der Waals surface area contributed by atoms with Gasteiger partial charge in [0.25, 0.3) is 0 Å². The smallest absolute Gasteiger partial charge is 0.0676 e. The van der Waals surface area contributed by atoms with Gasteiger partial charge >= 0.3 is 0 Å². The monoisotopic (exact) mass is 308 g/mol. The average molecular weight is 309 g/mol. The minimum Gasteiger partial charge on any atom is -0.366 e. The molecule has 2 N–H and O–H groups in total. The second-order valence-electron chi connectivity index (χ2n) is 4.87. The van der Waals surface area contributed by atoms with Gasteiger partial charge in [-0.25, -0.2) is 0 Å². The van der Waals surface area contributed by atoms with Crippen molar-refractivity contribution in [2.75, 3.05) is 18.5 Å². The molecule has 0 fully saturated rings. The zero-order chi connectivity index (χ0) is 14.7. The van der Waals surface area contributed by atoms with Gasteiger partial charge in [0.05, 0.1) is 6.04 Å². The van der Waals surface area contributed by atoms with E-state index in [-0.39, 0.29) is 6.04 Å². The molecule has 2 nitrogen and oxygen atoms in total. The Morgan fingerprint density at radius 1 is 1.15 bits per heavy atom. The molecule has 0 amide bonds. The van der Waals surface area contributed by atoms with Gasteiger partial charge in [-0.1, -0.05) is 41.4 Å². The summed E-state index contributed by atoms with van der Waals surface area (Å²) in [6, 6.07) is 13.9. The molecule has 1 unspecified atom stereocenters. The third-order valence-electron chi connectivity index (χ3n) is 3.42. The summed E-state index contributed by atoms with van der Waals surface area (Å²) in [6.07, 6.45) is 0. The summed E-state index contributed by atoms with van der Waals surface area (Å²) < 4.78 is 0. The van der Waals surface area contributed by atoms with E-state index in [0.717, 1.165) is 11.3 Å². The highest BCUT2D eigenvalue weighted by atomic mass is 35.5. The highest BCUT2D eigenvalue weighted by molar-refractivity contribution is 6.35. The van der Waals surface area contributed by atoms with Crippen LogP contribution in [0.25, 0.3) is 0 Å². The van der Waals surface area contributed by atoms with E-state index >= 15 is 0 Å². The van der Waals surface area contributed by atoms with Crippen LogP contribution in [0.4, 0.5) is 5.69 Å². The summed E-state index contributed by atoms with van der Waals surface area (Å²) in [7, 11) is 2.03. The highest BCUT2D eigenvalue weighted by Gasteiger charge is 2.19. The number of benzene rings is 2. The lowest BCUT2D eigenvalue weighted by Crippen LogP contribution is -2.30. The minimum atomic E-state index is 0.0153. The fraction of sp³-hybridized carbons (Fsp3) is 0.250. The van der Waals surface area contributed by atoms with Crippen molar-refractivity contribution in [1.82, 2.24) is 0 Å². The molecule has 106 valence electrons. The molecule has 4 heteroatoms. The van der Waals surface area contributed by atoms with Crippen molar-refractivity contribution in [3.8, 4) is 0 Å². The van der Waals surface area contributed by atoms with Crippen molar-refractivity contribution < 1.29 is 0 Å². The number of hydrogen-bond acceptors (Lipinski definition) is 2. The second-order valence-corrected chi connectivity index (χ2v) is 5.71. The molecule has 0 saturated heterocycles. The molecule has 0 aliphatic heterocycles. The predicted molar refractivity (Wildman–Crippen MR) is 87.8 cm³/mol. The molecule has 0 bridgehead atoms. The molecule has 0 heterocycles. The van der Waals surface area contributed by atoms with Crippen molar-refractivity contribution in [2.45, 2.75) is 13.0 Å². The first-order valence-electron chi connectivity index (χ1n) is 6.47. The van der Waals surface area contributed by atoms with E-state index in [1.807, 2.05) is 25.2 Å². The van der Waals surface area contributed by atoms with E-state index in [4.69, 9.17) is 28.9 Å². The van der Waals surface area contributed by atoms with Crippen molar-refractivity contribution in [1.29, 1.82) is 0 Å². The van der Waals surface area contributed by atoms with Gasteiger partial charge in [0.2, 0.25) is 0 Å². The molecule has 0 aliphatic rings. The summed E-state index contributed by atoms with van der Waals surface area (Å²) in [5.74, 6) is 0. The maximum Gasteiger partial charge on any atom is 0.0676 e. The van der Waals surface area contributed by atoms with Gasteiger partial charge in [0.15, 0.2) is 0 Å². The lowest BCUT2D eigenvalue weighted by Gasteiger charge is -2.30. The first-order valence-corrected chi connectivity index (χ1v) is 7.23. The Morgan fingerprint density at radius 2 is 1.90 bits per heavy atom. The van der Waals surface area contributed by atoms with Gasteiger partial charge in [-0.15, -0.1) is 0 Å². The number of rotatable bonds is 4. The second kappa shape index (κ2) is 6.49. The summed E-state index contributed by atoms with van der Waals surface area (Å²) in [6.45, 7) is 2.55. The normalized spacial score (nSPS) is 12.2. The van der Waals surface area contributed by atoms with Crippen LogP contribution in [0, 0.1) is 6.92 Å². The number of likely N-dealkylation sites (N-methyl/N-ethyl adjacent to an activating group) is 1. The Labute approximate surface area is 130 Å². The Hall–Kier alpha value is -1.22. The Bertz CT molecular complexity index is 599. The van der Waals surface area contributed by atoms with Gasteiger partial charge in [0.1, 0.15) is 0 Å². The fourth-order valence-electron chi connectivity index (χ4n) is 2.29. The SMILES string of the molecule is Cc1cccc(N(C)C(CN)c2ccc(Cl)cc2Cl)c1. The zero-order valence-corrected chi connectivity index (χ0v) is 13.1. The van der Waals surface area contributed by atoms with Crippen LogP contribution in [0.2, 0.25) is 10.0 Å². The molecule has 0 spiro atoms. The Kier molecular flexibility index (Phi) is 4.92. The summed E-state index contributed by atoms with van der Waals surface area (Å²) in [5, 5.41) is 1.28. The molecule has 0 aromatic heterocycles. The number of hydrogen-bond donors (Lipinski definition) is 1. The first kappa shape index (κ1) is 15.2. The molecule has 2 aromatic rings. The van der Waals surface area contributed by atoms with Crippen LogP contribution in [0.1, 0.15) is 17.2 Å². The molecule has 2 aromatic carbocycles. The van der Waals surface area contributed by atoms with Gasteiger partial charge in [-0.2, -0.15) is 0 Å². The summed E-state index contributed by atoms with van der Waals surface area (Å²) >= 11 is 12.3. The van der Waals surface area contributed by atoms with E-state index in [2.05, 4.69) is 30.0 Å². The molecule has 0 aliphatic carbocycles. The van der Waals surface area contributed by atoms with Crippen LogP contribution >= 0.6 is 23.2 Å². The maximum atomic E-state index is 6.30. The van der Waals surface area contributed by atoms with Gasteiger partial charge in [-0.05, 0) is 42.3 Å². The van der Waals surface area contributed by atoms with E-state index < -0.39 is 0 Å².